The lowest BCUT2D eigenvalue weighted by atomic mass is 10.0. The lowest BCUT2D eigenvalue weighted by molar-refractivity contribution is -0.870. The molecule has 538 valence electrons. The lowest BCUT2D eigenvalue weighted by Crippen LogP contribution is -2.40. The summed E-state index contributed by atoms with van der Waals surface area (Å²) >= 11 is 0. The van der Waals surface area contributed by atoms with Gasteiger partial charge < -0.3 is 28.5 Å². The van der Waals surface area contributed by atoms with Crippen molar-refractivity contribution in [3.8, 4) is 0 Å². The van der Waals surface area contributed by atoms with Crippen LogP contribution in [0, 0.1) is 0 Å². The number of unbranched alkanes of at least 4 members (excludes halogenated alkanes) is 42. The molecule has 1 N–H and O–H groups in total. The summed E-state index contributed by atoms with van der Waals surface area (Å²) in [5, 5.41) is 9.77. The van der Waals surface area contributed by atoms with Crippen LogP contribution in [0.15, 0.2) is 97.2 Å². The first-order chi connectivity index (χ1) is 45.6. The zero-order valence-corrected chi connectivity index (χ0v) is 61.7. The molecule has 0 amide bonds. The van der Waals surface area contributed by atoms with Crippen LogP contribution < -0.4 is 0 Å². The van der Waals surface area contributed by atoms with E-state index in [0.717, 1.165) is 83.5 Å². The molecule has 0 aliphatic carbocycles. The first-order valence-electron chi connectivity index (χ1n) is 39.4. The van der Waals surface area contributed by atoms with Crippen LogP contribution in [0.1, 0.15) is 361 Å². The summed E-state index contributed by atoms with van der Waals surface area (Å²) in [4.78, 5) is 37.7. The number of ether oxygens (including phenoxy) is 4. The van der Waals surface area contributed by atoms with E-state index in [0.29, 0.717) is 17.4 Å². The van der Waals surface area contributed by atoms with Gasteiger partial charge in [0, 0.05) is 12.8 Å². The van der Waals surface area contributed by atoms with Crippen LogP contribution in [0.2, 0.25) is 0 Å². The molecule has 0 saturated carbocycles. The van der Waals surface area contributed by atoms with Crippen molar-refractivity contribution in [1.82, 2.24) is 0 Å². The van der Waals surface area contributed by atoms with E-state index in [-0.39, 0.29) is 38.2 Å². The van der Waals surface area contributed by atoms with Crippen LogP contribution in [0.3, 0.4) is 0 Å². The van der Waals surface area contributed by atoms with Gasteiger partial charge in [-0.05, 0) is 96.3 Å². The normalized spacial score (nSPS) is 13.2. The molecule has 2 unspecified atom stereocenters. The number of carboxylic acids is 1. The van der Waals surface area contributed by atoms with Gasteiger partial charge in [-0.15, -0.1) is 0 Å². The highest BCUT2D eigenvalue weighted by Gasteiger charge is 2.25. The van der Waals surface area contributed by atoms with Crippen LogP contribution in [0.25, 0.3) is 0 Å². The number of quaternary nitrogens is 1. The molecule has 0 fully saturated rings. The summed E-state index contributed by atoms with van der Waals surface area (Å²) in [7, 11) is 5.99. The maximum absolute atomic E-state index is 13.0. The van der Waals surface area contributed by atoms with E-state index < -0.39 is 18.4 Å². The summed E-state index contributed by atoms with van der Waals surface area (Å²) in [6.07, 6.45) is 99.8. The van der Waals surface area contributed by atoms with Crippen molar-refractivity contribution in [2.45, 2.75) is 373 Å². The quantitative estimate of drug-likeness (QED) is 0.0211. The molecule has 0 rings (SSSR count). The van der Waals surface area contributed by atoms with Gasteiger partial charge >= 0.3 is 17.9 Å². The van der Waals surface area contributed by atoms with E-state index in [4.69, 9.17) is 18.9 Å². The predicted octanol–water partition coefficient (Wildman–Crippen LogP) is 25.1. The maximum Gasteiger partial charge on any atom is 0.361 e. The van der Waals surface area contributed by atoms with Crippen molar-refractivity contribution >= 4 is 17.9 Å². The Morgan fingerprint density at radius 2 is 0.613 bits per heavy atom. The zero-order chi connectivity index (χ0) is 67.5. The van der Waals surface area contributed by atoms with Crippen molar-refractivity contribution in [3.05, 3.63) is 97.2 Å². The van der Waals surface area contributed by atoms with Gasteiger partial charge in [-0.1, -0.05) is 349 Å². The lowest BCUT2D eigenvalue weighted by Gasteiger charge is -2.25. The van der Waals surface area contributed by atoms with Gasteiger partial charge in [-0.25, -0.2) is 4.79 Å². The van der Waals surface area contributed by atoms with Gasteiger partial charge in [0.05, 0.1) is 34.4 Å². The number of rotatable bonds is 73. The number of nitrogens with zero attached hydrogens (tertiary/aromatic N) is 1. The molecule has 93 heavy (non-hydrogen) atoms. The van der Waals surface area contributed by atoms with E-state index in [1.807, 2.05) is 21.1 Å². The number of carbonyl (C=O) groups is 3. The molecule has 0 aliphatic heterocycles. The van der Waals surface area contributed by atoms with Crippen LogP contribution in [0.5, 0.6) is 0 Å². The Kier molecular flexibility index (Phi) is 71.0. The smallest absolute Gasteiger partial charge is 0.361 e. The molecule has 0 aromatic carbocycles. The molecule has 0 radical (unpaired) electrons. The molecular weight excluding hydrogens is 1150 g/mol. The zero-order valence-electron chi connectivity index (χ0n) is 61.7. The summed E-state index contributed by atoms with van der Waals surface area (Å²) in [5.41, 5.74) is 0. The third kappa shape index (κ3) is 75.5. The maximum atomic E-state index is 13.0. The molecule has 0 aliphatic rings. The Balaban J connectivity index is 4.01. The number of hydrogen-bond donors (Lipinski definition) is 1. The second kappa shape index (κ2) is 74.0. The Hall–Kier alpha value is -3.79. The number of carboxylic acid groups (broad SMARTS) is 1. The monoisotopic (exact) mass is 1300 g/mol. The standard InChI is InChI=1S/C84H149NO8/c1-6-8-10-12-14-16-18-20-22-24-26-28-30-32-34-36-37-38-39-40-41-42-43-44-45-47-49-51-53-55-57-59-61-63-65-67-69-71-73-75-82(87)93-80(79-92-84(83(88)89)90-77-76-85(3,4)5)78-91-81(86)74-72-70-68-66-64-62-60-58-56-54-52-50-48-46-35-33-31-29-27-25-23-21-19-17-15-13-11-9-7-2/h8,10,14,16,19-22,25-28,32,34,37-38,80,84H,6-7,9,11-13,15,17-18,23-24,29-31,33,35-36,39-79H2,1-5H3/p+1/b10-8-,16-14-,21-19-,22-20-,27-25-,28-26-,34-32-,38-37-. The molecule has 0 saturated heterocycles. The van der Waals surface area contributed by atoms with Crippen LogP contribution >= 0.6 is 0 Å². The largest absolute Gasteiger partial charge is 0.477 e. The highest BCUT2D eigenvalue weighted by atomic mass is 16.7. The fraction of sp³-hybridized carbons (Fsp3) is 0.774. The molecule has 9 heteroatoms. The van der Waals surface area contributed by atoms with Crippen molar-refractivity contribution < 1.29 is 42.9 Å². The molecular formula is C84H150NO8+. The second-order valence-electron chi connectivity index (χ2n) is 27.6. The number of hydrogen-bond acceptors (Lipinski definition) is 7. The van der Waals surface area contributed by atoms with E-state index in [1.54, 1.807) is 0 Å². The Bertz CT molecular complexity index is 1850. The fourth-order valence-electron chi connectivity index (χ4n) is 11.3. The molecule has 0 aromatic heterocycles. The number of esters is 2. The average molecular weight is 1300 g/mol. The Morgan fingerprint density at radius 3 is 0.914 bits per heavy atom. The summed E-state index contributed by atoms with van der Waals surface area (Å²) in [6.45, 7) is 4.80. The van der Waals surface area contributed by atoms with E-state index in [9.17, 15) is 19.5 Å². The van der Waals surface area contributed by atoms with Crippen molar-refractivity contribution in [3.63, 3.8) is 0 Å². The highest BCUT2D eigenvalue weighted by Crippen LogP contribution is 2.19. The molecule has 0 bridgehead atoms. The molecule has 0 spiro atoms. The van der Waals surface area contributed by atoms with Crippen LogP contribution in [0.4, 0.5) is 0 Å². The van der Waals surface area contributed by atoms with Gasteiger partial charge in [0.2, 0.25) is 0 Å². The summed E-state index contributed by atoms with van der Waals surface area (Å²) in [5.74, 6) is -1.98. The van der Waals surface area contributed by atoms with Crippen molar-refractivity contribution in [2.75, 3.05) is 47.5 Å². The average Bonchev–Trinajstić information content (AvgIpc) is 3.38. The molecule has 0 heterocycles. The third-order valence-electron chi connectivity index (χ3n) is 17.3. The minimum Gasteiger partial charge on any atom is -0.477 e. The Morgan fingerprint density at radius 1 is 0.333 bits per heavy atom. The topological polar surface area (TPSA) is 108 Å². The van der Waals surface area contributed by atoms with Gasteiger partial charge in [-0.2, -0.15) is 0 Å². The predicted molar refractivity (Wildman–Crippen MR) is 401 cm³/mol. The molecule has 0 aromatic rings. The summed E-state index contributed by atoms with van der Waals surface area (Å²) in [6, 6.07) is 0. The van der Waals surface area contributed by atoms with E-state index >= 15 is 0 Å². The van der Waals surface area contributed by atoms with Gasteiger partial charge in [-0.3, -0.25) is 9.59 Å². The number of likely N-dealkylation sites (N-methyl/N-ethyl adjacent to an activating group) is 1. The number of aliphatic carboxylic acids is 1. The fourth-order valence-corrected chi connectivity index (χ4v) is 11.3. The first-order valence-corrected chi connectivity index (χ1v) is 39.4. The van der Waals surface area contributed by atoms with E-state index in [2.05, 4.69) is 111 Å². The van der Waals surface area contributed by atoms with Crippen LogP contribution in [-0.2, 0) is 33.3 Å². The first kappa shape index (κ1) is 89.2. The molecule has 2 atom stereocenters. The Labute approximate surface area is 575 Å². The SMILES string of the molecule is CC/C=C\C/C=C\C/C=C\C/C=C\C/C=C\C/C=C\CCCCCCCCCCCCCCCCCCCCCCC(=O)OC(COC(=O)CCCCCCCCCCCCCCCCCCC/C=C\C/C=C\CCCCCCC)COC(OCC[N+](C)(C)C)C(=O)O. The van der Waals surface area contributed by atoms with Gasteiger partial charge in [0.1, 0.15) is 13.2 Å². The third-order valence-corrected chi connectivity index (χ3v) is 17.3. The number of allylic oxidation sites excluding steroid dienone is 16. The number of carbonyl (C=O) groups excluding carboxylic acids is 2. The van der Waals surface area contributed by atoms with Gasteiger partial charge in [0.15, 0.2) is 6.10 Å². The van der Waals surface area contributed by atoms with E-state index in [1.165, 1.54) is 250 Å². The van der Waals surface area contributed by atoms with Crippen LogP contribution in [-0.4, -0.2) is 87.4 Å². The summed E-state index contributed by atoms with van der Waals surface area (Å²) < 4.78 is 23.1. The van der Waals surface area contributed by atoms with Gasteiger partial charge in [0.25, 0.3) is 6.29 Å². The molecule has 9 nitrogen and oxygen atoms in total. The van der Waals surface area contributed by atoms with Crippen molar-refractivity contribution in [2.24, 2.45) is 0 Å². The second-order valence-corrected chi connectivity index (χ2v) is 27.6. The minimum atomic E-state index is -1.51. The highest BCUT2D eigenvalue weighted by molar-refractivity contribution is 5.71. The minimum absolute atomic E-state index is 0.180. The van der Waals surface area contributed by atoms with Crippen molar-refractivity contribution in [1.29, 1.82) is 0 Å².